The Morgan fingerprint density at radius 2 is 1.57 bits per heavy atom. The van der Waals surface area contributed by atoms with Crippen molar-refractivity contribution in [3.05, 3.63) is 60.2 Å². The van der Waals surface area contributed by atoms with E-state index < -0.39 is 21.8 Å². The summed E-state index contributed by atoms with van der Waals surface area (Å²) in [6, 6.07) is 12.8. The summed E-state index contributed by atoms with van der Waals surface area (Å²) in [5, 5.41) is 9.87. The van der Waals surface area contributed by atoms with Crippen LogP contribution in [-0.2, 0) is 15.6 Å². The molecule has 9 heteroatoms. The molecule has 1 aliphatic rings. The zero-order chi connectivity index (χ0) is 22.0. The Kier molecular flexibility index (Phi) is 6.45. The molecule has 3 rings (SSSR count). The number of hydrogen-bond acceptors (Lipinski definition) is 4. The highest BCUT2D eigenvalue weighted by molar-refractivity contribution is 7.92. The maximum Gasteiger partial charge on any atom is 0.421 e. The fraction of sp³-hybridized carbons (Fsp3) is 0.429. The van der Waals surface area contributed by atoms with E-state index in [1.54, 1.807) is 18.2 Å². The summed E-state index contributed by atoms with van der Waals surface area (Å²) in [7, 11) is -3.90. The van der Waals surface area contributed by atoms with Crippen LogP contribution < -0.4 is 4.31 Å². The van der Waals surface area contributed by atoms with Gasteiger partial charge in [0.25, 0.3) is 10.0 Å². The minimum Gasteiger partial charge on any atom is -0.376 e. The van der Waals surface area contributed by atoms with Crippen molar-refractivity contribution in [2.24, 2.45) is 0 Å². The van der Waals surface area contributed by atoms with Crippen molar-refractivity contribution in [3.8, 4) is 0 Å². The second-order valence-corrected chi connectivity index (χ2v) is 9.42. The summed E-state index contributed by atoms with van der Waals surface area (Å²) in [5.41, 5.74) is -3.13. The van der Waals surface area contributed by atoms with E-state index in [-0.39, 0.29) is 22.7 Å². The van der Waals surface area contributed by atoms with E-state index in [0.717, 1.165) is 38.1 Å². The molecule has 164 valence electrons. The fourth-order valence-corrected chi connectivity index (χ4v) is 4.94. The zero-order valence-electron chi connectivity index (χ0n) is 16.6. The number of anilines is 1. The summed E-state index contributed by atoms with van der Waals surface area (Å²) in [4.78, 5) is 2.27. The van der Waals surface area contributed by atoms with Gasteiger partial charge in [0.15, 0.2) is 5.60 Å². The molecule has 1 fully saturated rings. The van der Waals surface area contributed by atoms with Crippen molar-refractivity contribution < 1.29 is 26.7 Å². The number of halogens is 3. The minimum absolute atomic E-state index is 0.109. The predicted molar refractivity (Wildman–Crippen MR) is 109 cm³/mol. The highest BCUT2D eigenvalue weighted by Gasteiger charge is 2.51. The van der Waals surface area contributed by atoms with Crippen LogP contribution in [0.25, 0.3) is 0 Å². The topological polar surface area (TPSA) is 60.9 Å². The average molecular weight is 443 g/mol. The second-order valence-electron chi connectivity index (χ2n) is 7.56. The van der Waals surface area contributed by atoms with Crippen molar-refractivity contribution in [2.75, 3.05) is 30.5 Å². The number of sulfonamides is 1. The van der Waals surface area contributed by atoms with Gasteiger partial charge in [-0.2, -0.15) is 13.2 Å². The Morgan fingerprint density at radius 3 is 2.10 bits per heavy atom. The van der Waals surface area contributed by atoms with Gasteiger partial charge in [0.1, 0.15) is 0 Å². The fourth-order valence-electron chi connectivity index (χ4n) is 3.46. The number of alkyl halides is 3. The molecule has 1 atom stereocenters. The van der Waals surface area contributed by atoms with E-state index in [1.165, 1.54) is 28.6 Å². The molecule has 1 N–H and O–H groups in total. The van der Waals surface area contributed by atoms with Crippen LogP contribution in [0.4, 0.5) is 18.9 Å². The lowest BCUT2D eigenvalue weighted by atomic mass is 9.95. The molecule has 1 unspecified atom stereocenters. The van der Waals surface area contributed by atoms with Crippen LogP contribution in [0.15, 0.2) is 59.5 Å². The zero-order valence-corrected chi connectivity index (χ0v) is 17.5. The number of benzene rings is 2. The van der Waals surface area contributed by atoms with E-state index in [2.05, 4.69) is 4.90 Å². The van der Waals surface area contributed by atoms with Gasteiger partial charge in [-0.25, -0.2) is 8.42 Å². The first kappa shape index (κ1) is 22.6. The summed E-state index contributed by atoms with van der Waals surface area (Å²) in [6.45, 7) is 3.16. The molecule has 0 bridgehead atoms. The maximum absolute atomic E-state index is 13.3. The van der Waals surface area contributed by atoms with Crippen molar-refractivity contribution in [1.82, 2.24) is 4.90 Å². The molecule has 1 saturated heterocycles. The second kappa shape index (κ2) is 8.56. The van der Waals surface area contributed by atoms with Crippen LogP contribution in [0.5, 0.6) is 0 Å². The molecule has 0 amide bonds. The highest BCUT2D eigenvalue weighted by atomic mass is 32.2. The maximum atomic E-state index is 13.3. The van der Waals surface area contributed by atoms with E-state index >= 15 is 0 Å². The quantitative estimate of drug-likeness (QED) is 0.710. The van der Waals surface area contributed by atoms with Gasteiger partial charge in [-0.1, -0.05) is 30.3 Å². The van der Waals surface area contributed by atoms with Gasteiger partial charge >= 0.3 is 6.18 Å². The SMILES string of the molecule is CC(O)(c1ccc(N(CCN2CCCC2)S(=O)(=O)c2ccccc2)cc1)C(F)(F)F. The van der Waals surface area contributed by atoms with Gasteiger partial charge in [0, 0.05) is 13.1 Å². The summed E-state index contributed by atoms with van der Waals surface area (Å²) in [6.07, 6.45) is -2.72. The number of rotatable bonds is 7. The van der Waals surface area contributed by atoms with Gasteiger partial charge < -0.3 is 10.0 Å². The van der Waals surface area contributed by atoms with Crippen LogP contribution in [0.1, 0.15) is 25.3 Å². The molecule has 0 spiro atoms. The van der Waals surface area contributed by atoms with Crippen molar-refractivity contribution >= 4 is 15.7 Å². The highest BCUT2D eigenvalue weighted by Crippen LogP contribution is 2.39. The summed E-state index contributed by atoms with van der Waals surface area (Å²) in [5.74, 6) is 0. The Morgan fingerprint density at radius 1 is 1.00 bits per heavy atom. The van der Waals surface area contributed by atoms with Gasteiger partial charge in [-0.15, -0.1) is 0 Å². The van der Waals surface area contributed by atoms with E-state index in [4.69, 9.17) is 0 Å². The van der Waals surface area contributed by atoms with Gasteiger partial charge in [0.05, 0.1) is 10.6 Å². The predicted octanol–water partition coefficient (Wildman–Crippen LogP) is 3.75. The first-order valence-electron chi connectivity index (χ1n) is 9.73. The van der Waals surface area contributed by atoms with Gasteiger partial charge in [-0.05, 0) is 62.7 Å². The van der Waals surface area contributed by atoms with Crippen LogP contribution in [0.3, 0.4) is 0 Å². The first-order chi connectivity index (χ1) is 14.0. The lowest BCUT2D eigenvalue weighted by molar-refractivity contribution is -0.258. The first-order valence-corrected chi connectivity index (χ1v) is 11.2. The lowest BCUT2D eigenvalue weighted by Gasteiger charge is -2.29. The molecule has 0 aliphatic carbocycles. The lowest BCUT2D eigenvalue weighted by Crippen LogP contribution is -2.39. The van der Waals surface area contributed by atoms with Crippen molar-refractivity contribution in [1.29, 1.82) is 0 Å². The minimum atomic E-state index is -4.85. The van der Waals surface area contributed by atoms with Crippen LogP contribution >= 0.6 is 0 Å². The van der Waals surface area contributed by atoms with Crippen LogP contribution in [0, 0.1) is 0 Å². The Balaban J connectivity index is 1.93. The monoisotopic (exact) mass is 442 g/mol. The molecule has 0 radical (unpaired) electrons. The Bertz CT molecular complexity index is 940. The standard InChI is InChI=1S/C21H25F3N2O3S/c1-20(27,21(22,23)24)17-9-11-18(12-10-17)26(16-15-25-13-5-6-14-25)30(28,29)19-7-3-2-4-8-19/h2-4,7-12,27H,5-6,13-16H2,1H3. The number of likely N-dealkylation sites (tertiary alicyclic amines) is 1. The van der Waals surface area contributed by atoms with Gasteiger partial charge in [0.2, 0.25) is 0 Å². The van der Waals surface area contributed by atoms with Crippen LogP contribution in [-0.4, -0.2) is 50.8 Å². The molecule has 2 aromatic rings. The molecule has 5 nitrogen and oxygen atoms in total. The largest absolute Gasteiger partial charge is 0.421 e. The third-order valence-corrected chi connectivity index (χ3v) is 7.26. The average Bonchev–Trinajstić information content (AvgIpc) is 3.22. The smallest absolute Gasteiger partial charge is 0.376 e. The normalized spacial score (nSPS) is 17.6. The molecule has 2 aromatic carbocycles. The molecular formula is C21H25F3N2O3S. The van der Waals surface area contributed by atoms with E-state index in [0.29, 0.717) is 13.5 Å². The third-order valence-electron chi connectivity index (χ3n) is 5.42. The molecule has 0 saturated carbocycles. The van der Waals surface area contributed by atoms with Gasteiger partial charge in [-0.3, -0.25) is 4.31 Å². The Labute approximate surface area is 174 Å². The van der Waals surface area contributed by atoms with E-state index in [9.17, 15) is 26.7 Å². The number of aliphatic hydroxyl groups is 1. The molecular weight excluding hydrogens is 417 g/mol. The summed E-state index contributed by atoms with van der Waals surface area (Å²) >= 11 is 0. The third kappa shape index (κ3) is 4.63. The number of hydrogen-bond donors (Lipinski definition) is 1. The molecule has 0 aromatic heterocycles. The number of nitrogens with zero attached hydrogens (tertiary/aromatic N) is 2. The van der Waals surface area contributed by atoms with Crippen molar-refractivity contribution in [2.45, 2.75) is 36.4 Å². The Hall–Kier alpha value is -2.10. The van der Waals surface area contributed by atoms with Crippen molar-refractivity contribution in [3.63, 3.8) is 0 Å². The molecule has 30 heavy (non-hydrogen) atoms. The molecule has 1 heterocycles. The summed E-state index contributed by atoms with van der Waals surface area (Å²) < 4.78 is 67.1. The van der Waals surface area contributed by atoms with Crippen LogP contribution in [0.2, 0.25) is 0 Å². The van der Waals surface area contributed by atoms with E-state index in [1.807, 2.05) is 0 Å². The molecule has 1 aliphatic heterocycles.